The topological polar surface area (TPSA) is 96.3 Å². The summed E-state index contributed by atoms with van der Waals surface area (Å²) in [4.78, 5) is 11.2. The Morgan fingerprint density at radius 3 is 3.00 bits per heavy atom. The Bertz CT molecular complexity index is 956. The molecule has 5 heterocycles. The smallest absolute Gasteiger partial charge is 0.243 e. The van der Waals surface area contributed by atoms with E-state index in [0.717, 1.165) is 11.3 Å². The van der Waals surface area contributed by atoms with E-state index >= 15 is 0 Å². The fourth-order valence-electron chi connectivity index (χ4n) is 3.67. The summed E-state index contributed by atoms with van der Waals surface area (Å²) in [5, 5.41) is 14.3. The summed E-state index contributed by atoms with van der Waals surface area (Å²) in [6.45, 7) is 1.40. The average molecular weight is 390 g/mol. The van der Waals surface area contributed by atoms with Crippen molar-refractivity contribution in [1.29, 1.82) is 0 Å². The van der Waals surface area contributed by atoms with Crippen molar-refractivity contribution < 1.29 is 13.5 Å². The van der Waals surface area contributed by atoms with Crippen LogP contribution < -0.4 is 10.2 Å². The van der Waals surface area contributed by atoms with Crippen LogP contribution in [0.4, 0.5) is 20.4 Å². The van der Waals surface area contributed by atoms with Crippen LogP contribution in [-0.2, 0) is 4.74 Å². The van der Waals surface area contributed by atoms with Gasteiger partial charge in [-0.3, -0.25) is 9.49 Å². The zero-order valence-electron chi connectivity index (χ0n) is 15.1. The first-order chi connectivity index (χ1) is 13.7. The Morgan fingerprint density at radius 1 is 1.36 bits per heavy atom. The average Bonchev–Trinajstić information content (AvgIpc) is 3.32. The Hall–Kier alpha value is -2.82. The Kier molecular flexibility index (Phi) is 4.30. The van der Waals surface area contributed by atoms with E-state index in [0.29, 0.717) is 43.4 Å². The lowest BCUT2D eigenvalue weighted by Crippen LogP contribution is -2.48. The van der Waals surface area contributed by atoms with E-state index in [-0.39, 0.29) is 19.2 Å². The van der Waals surface area contributed by atoms with Gasteiger partial charge in [0.1, 0.15) is 23.9 Å². The molecule has 2 N–H and O–H groups in total. The highest BCUT2D eigenvalue weighted by Crippen LogP contribution is 2.36. The lowest BCUT2D eigenvalue weighted by molar-refractivity contribution is 0.0284. The van der Waals surface area contributed by atoms with E-state index in [1.54, 1.807) is 23.2 Å². The van der Waals surface area contributed by atoms with E-state index in [1.807, 2.05) is 4.90 Å². The number of nitrogens with zero attached hydrogens (tertiary/aromatic N) is 6. The predicted octanol–water partition coefficient (Wildman–Crippen LogP) is 1.46. The van der Waals surface area contributed by atoms with Crippen LogP contribution >= 0.6 is 0 Å². The van der Waals surface area contributed by atoms with Gasteiger partial charge in [0.15, 0.2) is 5.65 Å². The Balaban J connectivity index is 1.52. The molecule has 28 heavy (non-hydrogen) atoms. The molecule has 2 atom stereocenters. The van der Waals surface area contributed by atoms with E-state index in [4.69, 9.17) is 4.74 Å². The van der Waals surface area contributed by atoms with Crippen LogP contribution in [0, 0.1) is 5.92 Å². The summed E-state index contributed by atoms with van der Waals surface area (Å²) >= 11 is 0. The maximum Gasteiger partial charge on any atom is 0.243 e. The van der Waals surface area contributed by atoms with Gasteiger partial charge in [-0.05, 0) is 6.42 Å². The van der Waals surface area contributed by atoms with Crippen molar-refractivity contribution in [3.63, 3.8) is 0 Å². The number of aromatic nitrogens is 6. The minimum absolute atomic E-state index is 0.00695. The van der Waals surface area contributed by atoms with Gasteiger partial charge < -0.3 is 15.0 Å². The number of halogens is 2. The van der Waals surface area contributed by atoms with Gasteiger partial charge >= 0.3 is 0 Å². The molecule has 0 radical (unpaired) electrons. The lowest BCUT2D eigenvalue weighted by Gasteiger charge is -2.40. The number of anilines is 2. The van der Waals surface area contributed by atoms with Crippen molar-refractivity contribution >= 4 is 17.3 Å². The van der Waals surface area contributed by atoms with E-state index in [9.17, 15) is 8.78 Å². The van der Waals surface area contributed by atoms with Gasteiger partial charge in [-0.1, -0.05) is 0 Å². The molecule has 148 valence electrons. The van der Waals surface area contributed by atoms with Crippen LogP contribution in [0.2, 0.25) is 0 Å². The van der Waals surface area contributed by atoms with Gasteiger partial charge in [-0.25, -0.2) is 9.37 Å². The Labute approximate surface area is 159 Å². The van der Waals surface area contributed by atoms with Gasteiger partial charge in [0.05, 0.1) is 25.5 Å². The molecule has 5 rings (SSSR count). The number of aromatic amines is 1. The van der Waals surface area contributed by atoms with Crippen LogP contribution in [0.15, 0.2) is 18.7 Å². The molecular formula is C17H20F2N8O. The molecule has 2 saturated heterocycles. The number of nitrogens with one attached hydrogen (secondary N) is 2. The molecule has 0 amide bonds. The van der Waals surface area contributed by atoms with Crippen molar-refractivity contribution in [2.24, 2.45) is 5.92 Å². The SMILES string of the molecule is FCC1CN(c2c(-c3cn[nH]c3)ncn3nc(N[C@H]4CCOC[C@H]4F)nc23)C1. The minimum atomic E-state index is -1.11. The molecule has 2 aliphatic rings. The molecule has 0 unspecified atom stereocenters. The molecule has 0 aliphatic carbocycles. The number of rotatable bonds is 5. The number of fused-ring (bicyclic) bond motifs is 1. The van der Waals surface area contributed by atoms with Gasteiger partial charge in [0, 0.05) is 37.4 Å². The first kappa shape index (κ1) is 17.3. The molecule has 3 aromatic heterocycles. The van der Waals surface area contributed by atoms with Gasteiger partial charge in [-0.2, -0.15) is 14.6 Å². The molecule has 3 aromatic rings. The molecule has 0 spiro atoms. The van der Waals surface area contributed by atoms with E-state index in [2.05, 4.69) is 30.6 Å². The number of hydrogen-bond acceptors (Lipinski definition) is 7. The lowest BCUT2D eigenvalue weighted by atomic mass is 10.00. The third-order valence-electron chi connectivity index (χ3n) is 5.23. The van der Waals surface area contributed by atoms with Crippen LogP contribution in [0.5, 0.6) is 0 Å². The quantitative estimate of drug-likeness (QED) is 0.681. The van der Waals surface area contributed by atoms with Gasteiger partial charge in [0.25, 0.3) is 0 Å². The number of H-pyrrole nitrogens is 1. The summed E-state index contributed by atoms with van der Waals surface area (Å²) in [5.74, 6) is 0.344. The first-order valence-electron chi connectivity index (χ1n) is 9.26. The second-order valence-electron chi connectivity index (χ2n) is 7.19. The van der Waals surface area contributed by atoms with Crippen LogP contribution in [-0.4, -0.2) is 75.0 Å². The van der Waals surface area contributed by atoms with E-state index in [1.165, 1.54) is 0 Å². The molecule has 0 bridgehead atoms. The van der Waals surface area contributed by atoms with Crippen molar-refractivity contribution in [3.05, 3.63) is 18.7 Å². The van der Waals surface area contributed by atoms with Crippen LogP contribution in [0.25, 0.3) is 16.9 Å². The second-order valence-corrected chi connectivity index (χ2v) is 7.19. The van der Waals surface area contributed by atoms with Crippen molar-refractivity contribution in [2.75, 3.05) is 43.2 Å². The van der Waals surface area contributed by atoms with E-state index < -0.39 is 12.2 Å². The maximum absolute atomic E-state index is 14.1. The highest BCUT2D eigenvalue weighted by atomic mass is 19.1. The zero-order chi connectivity index (χ0) is 19.1. The largest absolute Gasteiger partial charge is 0.378 e. The zero-order valence-corrected chi connectivity index (χ0v) is 15.1. The molecule has 2 fully saturated rings. The van der Waals surface area contributed by atoms with Crippen molar-refractivity contribution in [2.45, 2.75) is 18.6 Å². The molecule has 11 heteroatoms. The fourth-order valence-corrected chi connectivity index (χ4v) is 3.67. The Morgan fingerprint density at radius 2 is 2.25 bits per heavy atom. The standard InChI is InChI=1S/C17H20F2N8O/c18-3-10-6-26(7-10)15-14(11-4-21-22-5-11)20-9-27-16(15)24-17(25-27)23-13-1-2-28-8-12(13)19/h4-5,9-10,12-13H,1-3,6-8H2,(H,21,22)(H,23,25)/t12-,13+/m1/s1. The molecule has 0 saturated carbocycles. The summed E-state index contributed by atoms with van der Waals surface area (Å²) in [5.41, 5.74) is 2.88. The second kappa shape index (κ2) is 6.97. The highest BCUT2D eigenvalue weighted by molar-refractivity contribution is 5.85. The van der Waals surface area contributed by atoms with Gasteiger partial charge in [0.2, 0.25) is 5.95 Å². The number of alkyl halides is 2. The van der Waals surface area contributed by atoms with Gasteiger partial charge in [-0.15, -0.1) is 5.10 Å². The third-order valence-corrected chi connectivity index (χ3v) is 5.23. The first-order valence-corrected chi connectivity index (χ1v) is 9.26. The molecule has 0 aromatic carbocycles. The fraction of sp³-hybridized carbons (Fsp3) is 0.529. The molecule has 9 nitrogen and oxygen atoms in total. The van der Waals surface area contributed by atoms with Crippen LogP contribution in [0.3, 0.4) is 0 Å². The van der Waals surface area contributed by atoms with Crippen molar-refractivity contribution in [3.8, 4) is 11.3 Å². The number of hydrogen-bond donors (Lipinski definition) is 2. The van der Waals surface area contributed by atoms with Crippen LogP contribution in [0.1, 0.15) is 6.42 Å². The maximum atomic E-state index is 14.1. The summed E-state index contributed by atoms with van der Waals surface area (Å²) in [6.07, 6.45) is 4.44. The predicted molar refractivity (Wildman–Crippen MR) is 97.8 cm³/mol. The number of ether oxygens (including phenoxy) is 1. The third kappa shape index (κ3) is 2.95. The monoisotopic (exact) mass is 390 g/mol. The minimum Gasteiger partial charge on any atom is -0.378 e. The molecular weight excluding hydrogens is 370 g/mol. The molecule has 2 aliphatic heterocycles. The highest BCUT2D eigenvalue weighted by Gasteiger charge is 2.32. The van der Waals surface area contributed by atoms with Crippen molar-refractivity contribution in [1.82, 2.24) is 29.8 Å². The normalized spacial score (nSPS) is 23.1. The summed E-state index contributed by atoms with van der Waals surface area (Å²) in [6, 6.07) is -0.393. The summed E-state index contributed by atoms with van der Waals surface area (Å²) in [7, 11) is 0. The summed E-state index contributed by atoms with van der Waals surface area (Å²) < 4.78 is 33.8.